The van der Waals surface area contributed by atoms with Crippen LogP contribution in [0.15, 0.2) is 64.8 Å². The minimum atomic E-state index is -3.99. The van der Waals surface area contributed by atoms with E-state index in [0.29, 0.717) is 36.3 Å². The van der Waals surface area contributed by atoms with Crippen molar-refractivity contribution in [3.8, 4) is 0 Å². The molecule has 1 unspecified atom stereocenters. The number of nitrogens with one attached hydrogen (secondary N) is 1. The monoisotopic (exact) mass is 557 g/mol. The number of amides is 2. The fraction of sp³-hybridized carbons (Fsp3) is 0.481. The largest absolute Gasteiger partial charge is 0.474 e. The van der Waals surface area contributed by atoms with Crippen molar-refractivity contribution < 1.29 is 27.5 Å². The first kappa shape index (κ1) is 28.5. The van der Waals surface area contributed by atoms with Crippen LogP contribution in [0, 0.1) is 5.92 Å². The summed E-state index contributed by atoms with van der Waals surface area (Å²) in [4.78, 5) is 44.7. The Bertz CT molecular complexity index is 1340. The van der Waals surface area contributed by atoms with Crippen LogP contribution >= 0.6 is 0 Å². The summed E-state index contributed by atoms with van der Waals surface area (Å²) in [6.45, 7) is 7.10. The molecule has 0 radical (unpaired) electrons. The molecule has 0 saturated carbocycles. The maximum absolute atomic E-state index is 13.7. The molecule has 3 N–H and O–H groups in total. The van der Waals surface area contributed by atoms with E-state index in [0.717, 1.165) is 4.31 Å². The van der Waals surface area contributed by atoms with Gasteiger partial charge in [-0.1, -0.05) is 19.9 Å². The molecule has 4 atom stereocenters. The fourth-order valence-corrected chi connectivity index (χ4v) is 6.72. The van der Waals surface area contributed by atoms with Crippen molar-refractivity contribution >= 4 is 27.6 Å². The van der Waals surface area contributed by atoms with Gasteiger partial charge in [-0.15, -0.1) is 0 Å². The highest BCUT2D eigenvalue weighted by Crippen LogP contribution is 2.37. The van der Waals surface area contributed by atoms with Gasteiger partial charge in [0.05, 0.1) is 18.3 Å². The second-order valence-electron chi connectivity index (χ2n) is 10.5. The number of hydrogen-bond acceptors (Lipinski definition) is 8. The van der Waals surface area contributed by atoms with E-state index in [2.05, 4.69) is 10.3 Å². The number of carbonyl (C=O) groups excluding carboxylic acids is 3. The number of carbonyl (C=O) groups is 3. The summed E-state index contributed by atoms with van der Waals surface area (Å²) in [6, 6.07) is 2.59. The number of fused-ring (bicyclic) bond motifs is 1. The topological polar surface area (TPSA) is 152 Å². The van der Waals surface area contributed by atoms with Crippen LogP contribution in [0.25, 0.3) is 0 Å². The van der Waals surface area contributed by atoms with Gasteiger partial charge >= 0.3 is 0 Å². The molecule has 2 amide bonds. The minimum Gasteiger partial charge on any atom is -0.474 e. The van der Waals surface area contributed by atoms with Crippen LogP contribution in [0.5, 0.6) is 0 Å². The van der Waals surface area contributed by atoms with Crippen LogP contribution in [0.1, 0.15) is 47.0 Å². The van der Waals surface area contributed by atoms with Crippen LogP contribution in [-0.2, 0) is 29.1 Å². The lowest BCUT2D eigenvalue weighted by molar-refractivity contribution is -0.130. The summed E-state index contributed by atoms with van der Waals surface area (Å²) < 4.78 is 33.4. The normalized spacial score (nSPS) is 24.6. The zero-order chi connectivity index (χ0) is 28.5. The molecule has 12 heteroatoms. The second kappa shape index (κ2) is 11.3. The first-order valence-electron chi connectivity index (χ1n) is 13.0. The van der Waals surface area contributed by atoms with Gasteiger partial charge in [-0.05, 0) is 63.3 Å². The average molecular weight is 558 g/mol. The van der Waals surface area contributed by atoms with Gasteiger partial charge in [0.2, 0.25) is 5.91 Å². The molecule has 0 aromatic carbocycles. The molecule has 0 spiro atoms. The number of aromatic nitrogens is 1. The Balaban J connectivity index is 1.56. The van der Waals surface area contributed by atoms with Gasteiger partial charge in [-0.2, -0.15) is 4.31 Å². The Hall–Kier alpha value is -3.51. The second-order valence-corrected chi connectivity index (χ2v) is 12.4. The molecular weight excluding hydrogens is 522 g/mol. The third-order valence-electron chi connectivity index (χ3n) is 7.18. The van der Waals surface area contributed by atoms with Gasteiger partial charge in [0.15, 0.2) is 16.9 Å². The summed E-state index contributed by atoms with van der Waals surface area (Å²) in [7, 11) is -3.99. The number of rotatable bonds is 8. The van der Waals surface area contributed by atoms with E-state index in [1.807, 2.05) is 13.8 Å². The number of nitrogens with two attached hydrogens (primary N) is 1. The highest BCUT2D eigenvalue weighted by molar-refractivity contribution is 7.89. The van der Waals surface area contributed by atoms with E-state index in [1.165, 1.54) is 12.3 Å². The number of sulfonamides is 1. The number of Topliss-reactive ketones (excluding diaryl/α,β-unsaturated/α-hetero) is 1. The molecule has 11 nitrogen and oxygen atoms in total. The molecule has 3 aliphatic heterocycles. The number of allylic oxidation sites excluding steroid dienone is 2. The first-order chi connectivity index (χ1) is 18.4. The summed E-state index contributed by atoms with van der Waals surface area (Å²) in [5.41, 5.74) is 6.73. The summed E-state index contributed by atoms with van der Waals surface area (Å²) in [5, 5.41) is 2.77. The molecule has 3 aliphatic rings. The average Bonchev–Trinajstić information content (AvgIpc) is 3.17. The zero-order valence-electron chi connectivity index (χ0n) is 22.5. The van der Waals surface area contributed by atoms with Crippen molar-refractivity contribution in [1.29, 1.82) is 0 Å². The zero-order valence-corrected chi connectivity index (χ0v) is 23.3. The number of nitrogens with zero attached hydrogens (tertiary/aromatic N) is 3. The third-order valence-corrected chi connectivity index (χ3v) is 9.06. The van der Waals surface area contributed by atoms with Gasteiger partial charge in [0.1, 0.15) is 11.8 Å². The quantitative estimate of drug-likeness (QED) is 0.489. The van der Waals surface area contributed by atoms with Crippen LogP contribution < -0.4 is 11.1 Å². The van der Waals surface area contributed by atoms with Crippen molar-refractivity contribution in [2.45, 2.75) is 76.2 Å². The predicted octanol–water partition coefficient (Wildman–Crippen LogP) is 1.59. The number of pyridine rings is 1. The Morgan fingerprint density at radius 2 is 2.00 bits per heavy atom. The number of primary amides is 1. The molecule has 1 fully saturated rings. The molecular formula is C27H35N5O6S. The number of ether oxygens (including phenoxy) is 1. The van der Waals surface area contributed by atoms with E-state index < -0.39 is 45.9 Å². The van der Waals surface area contributed by atoms with Crippen LogP contribution in [-0.4, -0.2) is 71.0 Å². The number of ketones is 1. The highest BCUT2D eigenvalue weighted by Gasteiger charge is 2.41. The van der Waals surface area contributed by atoms with Gasteiger partial charge < -0.3 is 20.7 Å². The van der Waals surface area contributed by atoms with Gasteiger partial charge in [0.25, 0.3) is 15.9 Å². The Morgan fingerprint density at radius 3 is 2.64 bits per heavy atom. The van der Waals surface area contributed by atoms with E-state index in [4.69, 9.17) is 10.5 Å². The maximum Gasteiger partial charge on any atom is 0.262 e. The predicted molar refractivity (Wildman–Crippen MR) is 143 cm³/mol. The minimum absolute atomic E-state index is 0.124. The standard InChI is InChI=1S/C27H35N5O6S/c1-16(2)14-20(31-13-7-8-22-24(31)18(4)25(38-22)26(28)34)27(35)30-19-11-10-17(3)32(15-21(19)33)39(36,37)23-9-5-6-12-29-23/h5-9,12-13,16-17,19-20,25H,10-11,14-15H2,1-4H3,(H2,28,34)(H,30,35)/t17-,19+,20+,25?/m1/s1. The van der Waals surface area contributed by atoms with Crippen molar-refractivity contribution in [3.05, 3.63) is 59.8 Å². The van der Waals surface area contributed by atoms with E-state index in [1.54, 1.807) is 49.2 Å². The van der Waals surface area contributed by atoms with Crippen molar-refractivity contribution in [3.63, 3.8) is 0 Å². The van der Waals surface area contributed by atoms with E-state index in [9.17, 15) is 22.8 Å². The van der Waals surface area contributed by atoms with Gasteiger partial charge in [-0.3, -0.25) is 14.4 Å². The maximum atomic E-state index is 13.7. The molecule has 0 bridgehead atoms. The first-order valence-corrected chi connectivity index (χ1v) is 14.5. The summed E-state index contributed by atoms with van der Waals surface area (Å²) >= 11 is 0. The molecule has 1 saturated heterocycles. The molecule has 1 aromatic rings. The Labute approximate surface area is 228 Å². The summed E-state index contributed by atoms with van der Waals surface area (Å²) in [5.74, 6) is -0.802. The molecule has 1 aromatic heterocycles. The lowest BCUT2D eigenvalue weighted by atomic mass is 9.98. The van der Waals surface area contributed by atoms with E-state index in [-0.39, 0.29) is 23.4 Å². The Morgan fingerprint density at radius 1 is 1.26 bits per heavy atom. The molecule has 0 aliphatic carbocycles. The third kappa shape index (κ3) is 5.76. The lowest BCUT2D eigenvalue weighted by Crippen LogP contribution is -2.52. The van der Waals surface area contributed by atoms with Gasteiger partial charge in [-0.25, -0.2) is 13.4 Å². The number of hydrogen-bond donors (Lipinski definition) is 2. The van der Waals surface area contributed by atoms with Crippen molar-refractivity contribution in [2.75, 3.05) is 6.54 Å². The van der Waals surface area contributed by atoms with Gasteiger partial charge in [0, 0.05) is 24.0 Å². The van der Waals surface area contributed by atoms with Crippen LogP contribution in [0.4, 0.5) is 0 Å². The molecule has 4 heterocycles. The van der Waals surface area contributed by atoms with Crippen molar-refractivity contribution in [1.82, 2.24) is 19.5 Å². The SMILES string of the molecule is CC1=C2C(=CC=CN2[C@@H](CC(C)C)C(=O)N[C@H]2CC[C@@H](C)N(S(=O)(=O)c3ccccn3)CC2=O)OC1C(N)=O. The van der Waals surface area contributed by atoms with Crippen LogP contribution in [0.2, 0.25) is 0 Å². The van der Waals surface area contributed by atoms with Crippen molar-refractivity contribution in [2.24, 2.45) is 11.7 Å². The lowest BCUT2D eigenvalue weighted by Gasteiger charge is -2.34. The molecule has 210 valence electrons. The van der Waals surface area contributed by atoms with E-state index >= 15 is 0 Å². The molecule has 4 rings (SSSR count). The smallest absolute Gasteiger partial charge is 0.262 e. The van der Waals surface area contributed by atoms with Crippen LogP contribution in [0.3, 0.4) is 0 Å². The fourth-order valence-electron chi connectivity index (χ4n) is 5.16. The highest BCUT2D eigenvalue weighted by atomic mass is 32.2. The molecule has 39 heavy (non-hydrogen) atoms. The Kier molecular flexibility index (Phi) is 8.26. The summed E-state index contributed by atoms with van der Waals surface area (Å²) in [6.07, 6.45) is 6.80.